The standard InChI is InChI=1S/C14H8Cl2F2N6O/c15-6-1-10(13-20-22-23-21-13)12(11(16)2-6)24(14(19)25)9-4-7(17)3-8(18)5-9/h1-5H,(H2,19,25)(H,20,21,22,23). The third-order valence-electron chi connectivity index (χ3n) is 3.18. The predicted octanol–water partition coefficient (Wildman–Crippen LogP) is 3.67. The molecule has 3 rings (SSSR count). The Bertz CT molecular complexity index is 930. The van der Waals surface area contributed by atoms with Gasteiger partial charge < -0.3 is 5.73 Å². The number of aromatic nitrogens is 4. The fourth-order valence-electron chi connectivity index (χ4n) is 2.28. The van der Waals surface area contributed by atoms with Crippen molar-refractivity contribution < 1.29 is 13.6 Å². The lowest BCUT2D eigenvalue weighted by molar-refractivity contribution is 0.256. The molecule has 0 aliphatic rings. The molecule has 11 heteroatoms. The number of nitrogens with two attached hydrogens (primary N) is 1. The Morgan fingerprint density at radius 1 is 1.12 bits per heavy atom. The molecular weight excluding hydrogens is 377 g/mol. The molecule has 0 spiro atoms. The highest BCUT2D eigenvalue weighted by Gasteiger charge is 2.25. The fourth-order valence-corrected chi connectivity index (χ4v) is 2.86. The molecule has 25 heavy (non-hydrogen) atoms. The molecule has 0 atom stereocenters. The zero-order valence-electron chi connectivity index (χ0n) is 12.2. The molecule has 1 heterocycles. The number of urea groups is 1. The minimum Gasteiger partial charge on any atom is -0.351 e. The van der Waals surface area contributed by atoms with E-state index in [0.717, 1.165) is 17.0 Å². The largest absolute Gasteiger partial charge is 0.351 e. The van der Waals surface area contributed by atoms with E-state index in [0.29, 0.717) is 6.07 Å². The van der Waals surface area contributed by atoms with Crippen LogP contribution in [-0.4, -0.2) is 26.7 Å². The van der Waals surface area contributed by atoms with Crippen molar-refractivity contribution in [3.8, 4) is 11.4 Å². The molecular formula is C14H8Cl2F2N6O. The summed E-state index contributed by atoms with van der Waals surface area (Å²) in [4.78, 5) is 12.9. The summed E-state index contributed by atoms with van der Waals surface area (Å²) in [5.41, 5.74) is 5.48. The van der Waals surface area contributed by atoms with Gasteiger partial charge in [0.1, 0.15) is 11.6 Å². The van der Waals surface area contributed by atoms with Crippen molar-refractivity contribution >= 4 is 40.6 Å². The molecule has 0 unspecified atom stereocenters. The van der Waals surface area contributed by atoms with Gasteiger partial charge in [0.05, 0.1) is 16.4 Å². The Balaban J connectivity index is 2.29. The molecule has 7 nitrogen and oxygen atoms in total. The fraction of sp³-hybridized carbons (Fsp3) is 0. The second-order valence-electron chi connectivity index (χ2n) is 4.83. The summed E-state index contributed by atoms with van der Waals surface area (Å²) in [5, 5.41) is 13.4. The lowest BCUT2D eigenvalue weighted by Crippen LogP contribution is -2.32. The third kappa shape index (κ3) is 3.37. The molecule has 0 bridgehead atoms. The molecule has 0 saturated heterocycles. The Kier molecular flexibility index (Phi) is 4.51. The van der Waals surface area contributed by atoms with Crippen molar-refractivity contribution in [1.29, 1.82) is 0 Å². The van der Waals surface area contributed by atoms with Crippen LogP contribution < -0.4 is 10.6 Å². The molecule has 2 amide bonds. The summed E-state index contributed by atoms with van der Waals surface area (Å²) in [7, 11) is 0. The van der Waals surface area contributed by atoms with E-state index in [1.54, 1.807) is 0 Å². The number of nitrogens with zero attached hydrogens (tertiary/aromatic N) is 4. The van der Waals surface area contributed by atoms with Gasteiger partial charge in [-0.15, -0.1) is 5.10 Å². The van der Waals surface area contributed by atoms with Crippen LogP contribution in [0.15, 0.2) is 30.3 Å². The lowest BCUT2D eigenvalue weighted by atomic mass is 10.1. The lowest BCUT2D eigenvalue weighted by Gasteiger charge is -2.24. The van der Waals surface area contributed by atoms with Crippen LogP contribution in [0, 0.1) is 11.6 Å². The van der Waals surface area contributed by atoms with Gasteiger partial charge in [-0.05, 0) is 34.7 Å². The van der Waals surface area contributed by atoms with Crippen molar-refractivity contribution in [3.63, 3.8) is 0 Å². The highest BCUT2D eigenvalue weighted by atomic mass is 35.5. The molecule has 3 N–H and O–H groups in total. The van der Waals surface area contributed by atoms with Crippen LogP contribution in [0.1, 0.15) is 0 Å². The van der Waals surface area contributed by atoms with Crippen LogP contribution in [-0.2, 0) is 0 Å². The van der Waals surface area contributed by atoms with Crippen LogP contribution in [0.5, 0.6) is 0 Å². The number of anilines is 2. The van der Waals surface area contributed by atoms with E-state index in [2.05, 4.69) is 20.6 Å². The number of carbonyl (C=O) groups excluding carboxylic acids is 1. The van der Waals surface area contributed by atoms with E-state index in [-0.39, 0.29) is 32.8 Å². The molecule has 128 valence electrons. The number of tetrazole rings is 1. The molecule has 3 aromatic rings. The van der Waals surface area contributed by atoms with E-state index in [1.165, 1.54) is 12.1 Å². The zero-order valence-corrected chi connectivity index (χ0v) is 13.7. The Morgan fingerprint density at radius 3 is 2.36 bits per heavy atom. The molecule has 0 saturated carbocycles. The van der Waals surface area contributed by atoms with Gasteiger partial charge in [0.25, 0.3) is 0 Å². The van der Waals surface area contributed by atoms with Crippen LogP contribution in [0.4, 0.5) is 25.0 Å². The third-order valence-corrected chi connectivity index (χ3v) is 3.68. The average molecular weight is 385 g/mol. The first kappa shape index (κ1) is 17.1. The maximum absolute atomic E-state index is 13.6. The number of H-pyrrole nitrogens is 1. The summed E-state index contributed by atoms with van der Waals surface area (Å²) >= 11 is 12.2. The first-order chi connectivity index (χ1) is 11.9. The van der Waals surface area contributed by atoms with E-state index in [9.17, 15) is 13.6 Å². The quantitative estimate of drug-likeness (QED) is 0.718. The topological polar surface area (TPSA) is 101 Å². The van der Waals surface area contributed by atoms with Crippen molar-refractivity contribution in [2.75, 3.05) is 4.90 Å². The molecule has 0 aliphatic carbocycles. The normalized spacial score (nSPS) is 10.7. The summed E-state index contributed by atoms with van der Waals surface area (Å²) in [5.74, 6) is -1.66. The van der Waals surface area contributed by atoms with Crippen molar-refractivity contribution in [2.24, 2.45) is 5.73 Å². The highest BCUT2D eigenvalue weighted by Crippen LogP contribution is 2.41. The summed E-state index contributed by atoms with van der Waals surface area (Å²) in [6, 6.07) is 4.27. The summed E-state index contributed by atoms with van der Waals surface area (Å²) in [6.45, 7) is 0. The molecule has 2 aromatic carbocycles. The second-order valence-corrected chi connectivity index (χ2v) is 5.68. The average Bonchev–Trinajstić information content (AvgIpc) is 3.02. The van der Waals surface area contributed by atoms with Crippen LogP contribution in [0.3, 0.4) is 0 Å². The van der Waals surface area contributed by atoms with E-state index in [1.807, 2.05) is 0 Å². The number of carbonyl (C=O) groups is 1. The second kappa shape index (κ2) is 6.61. The molecule has 0 radical (unpaired) electrons. The predicted molar refractivity (Wildman–Crippen MR) is 87.7 cm³/mol. The number of hydrogen-bond donors (Lipinski definition) is 2. The van der Waals surface area contributed by atoms with Crippen LogP contribution in [0.25, 0.3) is 11.4 Å². The van der Waals surface area contributed by atoms with Gasteiger partial charge in [-0.3, -0.25) is 4.90 Å². The van der Waals surface area contributed by atoms with Gasteiger partial charge in [0.2, 0.25) is 0 Å². The van der Waals surface area contributed by atoms with Gasteiger partial charge in [-0.25, -0.2) is 18.7 Å². The monoisotopic (exact) mass is 384 g/mol. The van der Waals surface area contributed by atoms with Crippen molar-refractivity contribution in [3.05, 3.63) is 52.0 Å². The van der Waals surface area contributed by atoms with Gasteiger partial charge in [-0.2, -0.15) is 0 Å². The molecule has 0 fully saturated rings. The number of amides is 2. The maximum Gasteiger partial charge on any atom is 0.323 e. The van der Waals surface area contributed by atoms with Crippen molar-refractivity contribution in [2.45, 2.75) is 0 Å². The Labute approximate surface area is 149 Å². The van der Waals surface area contributed by atoms with Gasteiger partial charge in [-0.1, -0.05) is 23.2 Å². The SMILES string of the molecule is NC(=O)N(c1cc(F)cc(F)c1)c1c(Cl)cc(Cl)cc1-c1nnn[nH]1. The maximum atomic E-state index is 13.6. The Morgan fingerprint density at radius 2 is 1.80 bits per heavy atom. The smallest absolute Gasteiger partial charge is 0.323 e. The van der Waals surface area contributed by atoms with E-state index >= 15 is 0 Å². The minimum atomic E-state index is -1.03. The highest BCUT2D eigenvalue weighted by molar-refractivity contribution is 6.38. The number of rotatable bonds is 3. The van der Waals surface area contributed by atoms with Crippen LogP contribution >= 0.6 is 23.2 Å². The number of aromatic amines is 1. The number of primary amides is 1. The minimum absolute atomic E-state index is 0.00219. The van der Waals surface area contributed by atoms with Gasteiger partial charge in [0, 0.05) is 16.7 Å². The van der Waals surface area contributed by atoms with Crippen LogP contribution in [0.2, 0.25) is 10.0 Å². The number of nitrogens with one attached hydrogen (secondary N) is 1. The zero-order chi connectivity index (χ0) is 18.1. The molecule has 1 aromatic heterocycles. The number of benzene rings is 2. The first-order valence-corrected chi connectivity index (χ1v) is 7.41. The first-order valence-electron chi connectivity index (χ1n) is 6.65. The number of halogens is 4. The van der Waals surface area contributed by atoms with Gasteiger partial charge >= 0.3 is 6.03 Å². The summed E-state index contributed by atoms with van der Waals surface area (Å²) < 4.78 is 27.2. The number of hydrogen-bond acceptors (Lipinski definition) is 4. The van der Waals surface area contributed by atoms with Crippen molar-refractivity contribution in [1.82, 2.24) is 20.6 Å². The summed E-state index contributed by atoms with van der Waals surface area (Å²) in [6.07, 6.45) is 0. The van der Waals surface area contributed by atoms with E-state index < -0.39 is 17.7 Å². The molecule has 0 aliphatic heterocycles. The van der Waals surface area contributed by atoms with Gasteiger partial charge in [0.15, 0.2) is 5.82 Å². The van der Waals surface area contributed by atoms with E-state index in [4.69, 9.17) is 28.9 Å². The Hall–Kier alpha value is -2.78.